The summed E-state index contributed by atoms with van der Waals surface area (Å²) in [5.41, 5.74) is 1.86. The highest BCUT2D eigenvalue weighted by atomic mass is 32.2. The van der Waals surface area contributed by atoms with Gasteiger partial charge in [0, 0.05) is 6.54 Å². The lowest BCUT2D eigenvalue weighted by atomic mass is 10.2. The molecular formula is C12H16N2O2S2. The van der Waals surface area contributed by atoms with E-state index in [4.69, 9.17) is 12.2 Å². The van der Waals surface area contributed by atoms with Crippen molar-refractivity contribution in [1.82, 2.24) is 10.0 Å². The first-order chi connectivity index (χ1) is 8.31. The van der Waals surface area contributed by atoms with Gasteiger partial charge in [-0.05, 0) is 38.2 Å². The van der Waals surface area contributed by atoms with Crippen LogP contribution in [0.4, 0.5) is 0 Å². The summed E-state index contributed by atoms with van der Waals surface area (Å²) in [4.78, 5) is 0.188. The number of hydrogen-bond acceptors (Lipinski definition) is 3. The second-order valence-electron chi connectivity index (χ2n) is 4.06. The van der Waals surface area contributed by atoms with Crippen molar-refractivity contribution in [2.24, 2.45) is 0 Å². The molecule has 0 saturated carbocycles. The van der Waals surface area contributed by atoms with Crippen molar-refractivity contribution < 1.29 is 8.42 Å². The molecule has 0 aliphatic heterocycles. The summed E-state index contributed by atoms with van der Waals surface area (Å²) in [6, 6.07) is 6.55. The standard InChI is InChI=1S/C12H16N2O2S2/c1-9(2)8-13-12(17)14-18(15,16)11-6-4-10(3)5-7-11/h4-7H,1,8H2,2-3H3,(H2,13,14,17). The van der Waals surface area contributed by atoms with Crippen molar-refractivity contribution >= 4 is 27.4 Å². The van der Waals surface area contributed by atoms with Gasteiger partial charge in [-0.3, -0.25) is 4.72 Å². The zero-order valence-corrected chi connectivity index (χ0v) is 12.0. The van der Waals surface area contributed by atoms with Crippen LogP contribution in [0.3, 0.4) is 0 Å². The Kier molecular flexibility index (Phi) is 4.86. The van der Waals surface area contributed by atoms with Crippen LogP contribution in [0.5, 0.6) is 0 Å². The summed E-state index contributed by atoms with van der Waals surface area (Å²) in [5.74, 6) is 0. The fraction of sp³-hybridized carbons (Fsp3) is 0.250. The summed E-state index contributed by atoms with van der Waals surface area (Å²) in [5, 5.41) is 2.83. The number of hydrogen-bond donors (Lipinski definition) is 2. The lowest BCUT2D eigenvalue weighted by molar-refractivity contribution is 0.592. The molecular weight excluding hydrogens is 268 g/mol. The molecule has 1 aromatic rings. The van der Waals surface area contributed by atoms with Gasteiger partial charge in [-0.2, -0.15) is 0 Å². The minimum absolute atomic E-state index is 0.0681. The smallest absolute Gasteiger partial charge is 0.263 e. The minimum atomic E-state index is -3.61. The van der Waals surface area contributed by atoms with Gasteiger partial charge in [-0.1, -0.05) is 29.8 Å². The summed E-state index contributed by atoms with van der Waals surface area (Å²) < 4.78 is 26.2. The molecule has 6 heteroatoms. The number of nitrogens with one attached hydrogen (secondary N) is 2. The molecule has 0 aromatic heterocycles. The molecule has 98 valence electrons. The molecule has 0 radical (unpaired) electrons. The van der Waals surface area contributed by atoms with E-state index in [1.165, 1.54) is 0 Å². The molecule has 2 N–H and O–H groups in total. The molecule has 0 amide bonds. The predicted octanol–water partition coefficient (Wildman–Crippen LogP) is 1.72. The SMILES string of the molecule is C=C(C)CNC(=S)NS(=O)(=O)c1ccc(C)cc1. The average Bonchev–Trinajstić information content (AvgIpc) is 2.26. The van der Waals surface area contributed by atoms with Gasteiger partial charge in [-0.15, -0.1) is 0 Å². The second kappa shape index (κ2) is 5.97. The second-order valence-corrected chi connectivity index (χ2v) is 6.15. The molecule has 0 aliphatic rings. The van der Waals surface area contributed by atoms with Gasteiger partial charge in [0.05, 0.1) is 4.90 Å². The van der Waals surface area contributed by atoms with E-state index < -0.39 is 10.0 Å². The van der Waals surface area contributed by atoms with Gasteiger partial charge < -0.3 is 5.32 Å². The van der Waals surface area contributed by atoms with Crippen molar-refractivity contribution in [3.8, 4) is 0 Å². The highest BCUT2D eigenvalue weighted by Crippen LogP contribution is 2.09. The van der Waals surface area contributed by atoms with Gasteiger partial charge in [0.1, 0.15) is 0 Å². The van der Waals surface area contributed by atoms with E-state index in [1.807, 2.05) is 13.8 Å². The molecule has 1 rings (SSSR count). The third-order valence-corrected chi connectivity index (χ3v) is 3.85. The van der Waals surface area contributed by atoms with Crippen LogP contribution >= 0.6 is 12.2 Å². The number of rotatable bonds is 4. The van der Waals surface area contributed by atoms with Crippen molar-refractivity contribution in [2.45, 2.75) is 18.7 Å². The lowest BCUT2D eigenvalue weighted by Crippen LogP contribution is -2.39. The number of aryl methyl sites for hydroxylation is 1. The van der Waals surface area contributed by atoms with E-state index in [9.17, 15) is 8.42 Å². The van der Waals surface area contributed by atoms with E-state index >= 15 is 0 Å². The van der Waals surface area contributed by atoms with Crippen LogP contribution in [0.2, 0.25) is 0 Å². The van der Waals surface area contributed by atoms with Crippen LogP contribution < -0.4 is 10.0 Å². The van der Waals surface area contributed by atoms with E-state index in [2.05, 4.69) is 16.6 Å². The molecule has 1 aromatic carbocycles. The van der Waals surface area contributed by atoms with Crippen LogP contribution in [0.25, 0.3) is 0 Å². The maximum absolute atomic E-state index is 11.9. The van der Waals surface area contributed by atoms with Crippen LogP contribution in [0.15, 0.2) is 41.3 Å². The van der Waals surface area contributed by atoms with E-state index in [-0.39, 0.29) is 10.0 Å². The van der Waals surface area contributed by atoms with Crippen molar-refractivity contribution in [3.05, 3.63) is 42.0 Å². The number of sulfonamides is 1. The lowest BCUT2D eigenvalue weighted by Gasteiger charge is -2.11. The van der Waals surface area contributed by atoms with Gasteiger partial charge >= 0.3 is 0 Å². The largest absolute Gasteiger partial charge is 0.358 e. The van der Waals surface area contributed by atoms with Crippen molar-refractivity contribution in [2.75, 3.05) is 6.54 Å². The zero-order valence-electron chi connectivity index (χ0n) is 10.4. The molecule has 0 unspecified atom stereocenters. The van der Waals surface area contributed by atoms with Crippen LogP contribution in [0, 0.1) is 6.92 Å². The molecule has 0 saturated heterocycles. The van der Waals surface area contributed by atoms with E-state index in [0.717, 1.165) is 11.1 Å². The quantitative estimate of drug-likeness (QED) is 0.653. The average molecular weight is 284 g/mol. The third kappa shape index (κ3) is 4.46. The molecule has 0 aliphatic carbocycles. The zero-order chi connectivity index (χ0) is 13.8. The molecule has 4 nitrogen and oxygen atoms in total. The Bertz CT molecular complexity index is 548. The first kappa shape index (κ1) is 14.7. The monoisotopic (exact) mass is 284 g/mol. The Labute approximate surface area is 113 Å². The Hall–Kier alpha value is -1.40. The Morgan fingerprint density at radius 3 is 2.39 bits per heavy atom. The predicted molar refractivity (Wildman–Crippen MR) is 76.9 cm³/mol. The summed E-state index contributed by atoms with van der Waals surface area (Å²) in [6.07, 6.45) is 0. The minimum Gasteiger partial charge on any atom is -0.358 e. The maximum atomic E-state index is 11.9. The Balaban J connectivity index is 2.73. The topological polar surface area (TPSA) is 58.2 Å². The molecule has 0 heterocycles. The van der Waals surface area contributed by atoms with E-state index in [1.54, 1.807) is 24.3 Å². The molecule has 0 bridgehead atoms. The third-order valence-electron chi connectivity index (χ3n) is 2.11. The van der Waals surface area contributed by atoms with Gasteiger partial charge in [-0.25, -0.2) is 8.42 Å². The maximum Gasteiger partial charge on any atom is 0.263 e. The summed E-state index contributed by atoms with van der Waals surface area (Å²) >= 11 is 4.90. The van der Waals surface area contributed by atoms with Crippen LogP contribution in [-0.2, 0) is 10.0 Å². The van der Waals surface area contributed by atoms with E-state index in [0.29, 0.717) is 6.54 Å². The van der Waals surface area contributed by atoms with Crippen molar-refractivity contribution in [3.63, 3.8) is 0 Å². The Morgan fingerprint density at radius 2 is 1.89 bits per heavy atom. The Morgan fingerprint density at radius 1 is 1.33 bits per heavy atom. The van der Waals surface area contributed by atoms with Gasteiger partial charge in [0.2, 0.25) is 0 Å². The van der Waals surface area contributed by atoms with Crippen LogP contribution in [-0.4, -0.2) is 20.1 Å². The molecule has 18 heavy (non-hydrogen) atoms. The molecule has 0 fully saturated rings. The van der Waals surface area contributed by atoms with Crippen LogP contribution in [0.1, 0.15) is 12.5 Å². The summed E-state index contributed by atoms with van der Waals surface area (Å²) in [7, 11) is -3.61. The highest BCUT2D eigenvalue weighted by molar-refractivity contribution is 7.91. The van der Waals surface area contributed by atoms with Gasteiger partial charge in [0.25, 0.3) is 10.0 Å². The molecule has 0 spiro atoms. The van der Waals surface area contributed by atoms with Crippen molar-refractivity contribution in [1.29, 1.82) is 0 Å². The molecule has 0 atom stereocenters. The first-order valence-electron chi connectivity index (χ1n) is 5.33. The highest BCUT2D eigenvalue weighted by Gasteiger charge is 2.14. The first-order valence-corrected chi connectivity index (χ1v) is 7.22. The van der Waals surface area contributed by atoms with Gasteiger partial charge in [0.15, 0.2) is 5.11 Å². The fourth-order valence-electron chi connectivity index (χ4n) is 1.17. The fourth-order valence-corrected chi connectivity index (χ4v) is 2.50. The number of benzene rings is 1. The number of thiocarbonyl (C=S) groups is 1. The summed E-state index contributed by atoms with van der Waals surface area (Å²) in [6.45, 7) is 7.85. The normalized spacial score (nSPS) is 10.8.